The van der Waals surface area contributed by atoms with Gasteiger partial charge in [-0.1, -0.05) is 32.4 Å². The predicted molar refractivity (Wildman–Crippen MR) is 133 cm³/mol. The molecule has 0 aromatic heterocycles. The van der Waals surface area contributed by atoms with E-state index < -0.39 is 72.6 Å². The van der Waals surface area contributed by atoms with Gasteiger partial charge in [-0.15, -0.1) is 0 Å². The Morgan fingerprint density at radius 1 is 0.868 bits per heavy atom. The lowest BCUT2D eigenvalue weighted by Crippen LogP contribution is -2.58. The smallest absolute Gasteiger partial charge is 0.326 e. The Kier molecular flexibility index (Phi) is 12.7. The van der Waals surface area contributed by atoms with Gasteiger partial charge in [0, 0.05) is 12.8 Å². The highest BCUT2D eigenvalue weighted by Gasteiger charge is 2.32. The van der Waals surface area contributed by atoms with Gasteiger partial charge in [-0.05, 0) is 30.0 Å². The number of carboxylic acids is 2. The van der Waals surface area contributed by atoms with Gasteiger partial charge in [0.25, 0.3) is 0 Å². The Bertz CT molecular complexity index is 1020. The quantitative estimate of drug-likeness (QED) is 0.122. The van der Waals surface area contributed by atoms with Gasteiger partial charge in [0.05, 0.1) is 12.5 Å². The zero-order valence-electron chi connectivity index (χ0n) is 21.2. The van der Waals surface area contributed by atoms with Crippen molar-refractivity contribution in [2.24, 2.45) is 17.4 Å². The van der Waals surface area contributed by atoms with Gasteiger partial charge in [-0.2, -0.15) is 0 Å². The van der Waals surface area contributed by atoms with Gasteiger partial charge in [0.1, 0.15) is 23.9 Å². The fourth-order valence-corrected chi connectivity index (χ4v) is 3.34. The van der Waals surface area contributed by atoms with E-state index in [0.29, 0.717) is 12.0 Å². The SMILES string of the molecule is CCC(C)C(N)C(=O)NC(CCC(=O)O)C(=O)NC(CC(N)=O)C(=O)NC(Cc1ccc(O)cc1)C(=O)O. The molecule has 0 saturated heterocycles. The van der Waals surface area contributed by atoms with Crippen LogP contribution in [0.4, 0.5) is 0 Å². The van der Waals surface area contributed by atoms with Crippen LogP contribution < -0.4 is 27.4 Å². The van der Waals surface area contributed by atoms with Crippen LogP contribution in [0.3, 0.4) is 0 Å². The van der Waals surface area contributed by atoms with Crippen LogP contribution in [0, 0.1) is 5.92 Å². The van der Waals surface area contributed by atoms with Gasteiger partial charge in [-0.25, -0.2) is 4.79 Å². The van der Waals surface area contributed by atoms with Crippen molar-refractivity contribution < 1.29 is 44.1 Å². The van der Waals surface area contributed by atoms with Crippen LogP contribution in [0.25, 0.3) is 0 Å². The summed E-state index contributed by atoms with van der Waals surface area (Å²) in [6, 6.07) is 0.116. The molecule has 0 aliphatic rings. The molecule has 0 radical (unpaired) electrons. The Morgan fingerprint density at radius 3 is 1.89 bits per heavy atom. The molecule has 0 aliphatic carbocycles. The van der Waals surface area contributed by atoms with Crippen molar-refractivity contribution in [3.05, 3.63) is 29.8 Å². The van der Waals surface area contributed by atoms with E-state index in [9.17, 15) is 39.0 Å². The first-order chi connectivity index (χ1) is 17.7. The average molecular weight is 538 g/mol. The number of rotatable bonds is 16. The molecular formula is C24H35N5O9. The number of benzene rings is 1. The lowest BCUT2D eigenvalue weighted by molar-refractivity contribution is -0.142. The average Bonchev–Trinajstić information content (AvgIpc) is 2.85. The Hall–Kier alpha value is -4.20. The zero-order valence-corrected chi connectivity index (χ0v) is 21.2. The van der Waals surface area contributed by atoms with E-state index in [1.807, 2.05) is 6.92 Å². The second kappa shape index (κ2) is 15.1. The lowest BCUT2D eigenvalue weighted by Gasteiger charge is -2.25. The first kappa shape index (κ1) is 31.8. The number of hydrogen-bond donors (Lipinski definition) is 8. The van der Waals surface area contributed by atoms with Gasteiger partial charge in [-0.3, -0.25) is 24.0 Å². The minimum absolute atomic E-state index is 0.0384. The van der Waals surface area contributed by atoms with Crippen LogP contribution in [0.15, 0.2) is 24.3 Å². The van der Waals surface area contributed by atoms with Crippen LogP contribution in [-0.4, -0.2) is 75.1 Å². The van der Waals surface area contributed by atoms with Crippen molar-refractivity contribution in [2.45, 2.75) is 70.1 Å². The van der Waals surface area contributed by atoms with E-state index in [2.05, 4.69) is 16.0 Å². The van der Waals surface area contributed by atoms with Gasteiger partial charge >= 0.3 is 11.9 Å². The fraction of sp³-hybridized carbons (Fsp3) is 0.500. The molecule has 1 rings (SSSR count). The Labute approximate surface area is 219 Å². The highest BCUT2D eigenvalue weighted by molar-refractivity contribution is 5.96. The number of carbonyl (C=O) groups is 6. The molecule has 0 heterocycles. The summed E-state index contributed by atoms with van der Waals surface area (Å²) in [6.45, 7) is 3.53. The zero-order chi connectivity index (χ0) is 29.0. The number of amides is 4. The number of nitrogens with two attached hydrogens (primary N) is 2. The van der Waals surface area contributed by atoms with E-state index in [4.69, 9.17) is 16.6 Å². The van der Waals surface area contributed by atoms with E-state index in [1.54, 1.807) is 6.92 Å². The molecule has 5 atom stereocenters. The van der Waals surface area contributed by atoms with Crippen molar-refractivity contribution in [3.8, 4) is 5.75 Å². The standard InChI is InChI=1S/C24H35N5O9/c1-3-12(2)20(26)23(36)27-15(8-9-19(32)33)21(34)28-16(11-18(25)31)22(35)29-17(24(37)38)10-13-4-6-14(30)7-5-13/h4-7,12,15-17,20,30H,3,8-11,26H2,1-2H3,(H2,25,31)(H,27,36)(H,28,34)(H,29,35)(H,32,33)(H,37,38). The normalized spacial score (nSPS) is 14.7. The van der Waals surface area contributed by atoms with Gasteiger partial charge in [0.15, 0.2) is 0 Å². The maximum atomic E-state index is 13.0. The monoisotopic (exact) mass is 537 g/mol. The first-order valence-corrected chi connectivity index (χ1v) is 11.9. The van der Waals surface area contributed by atoms with Crippen molar-refractivity contribution in [3.63, 3.8) is 0 Å². The molecule has 38 heavy (non-hydrogen) atoms. The largest absolute Gasteiger partial charge is 0.508 e. The summed E-state index contributed by atoms with van der Waals surface area (Å²) in [5.74, 6) is -6.64. The third-order valence-corrected chi connectivity index (χ3v) is 5.87. The third-order valence-electron chi connectivity index (χ3n) is 5.87. The summed E-state index contributed by atoms with van der Waals surface area (Å²) in [5, 5.41) is 34.8. The van der Waals surface area contributed by atoms with Crippen LogP contribution in [-0.2, 0) is 35.2 Å². The van der Waals surface area contributed by atoms with Crippen LogP contribution in [0.5, 0.6) is 5.75 Å². The van der Waals surface area contributed by atoms with E-state index in [0.717, 1.165) is 0 Å². The van der Waals surface area contributed by atoms with Crippen LogP contribution in [0.1, 0.15) is 45.1 Å². The van der Waals surface area contributed by atoms with Gasteiger partial charge in [0.2, 0.25) is 23.6 Å². The Balaban J connectivity index is 3.06. The summed E-state index contributed by atoms with van der Waals surface area (Å²) in [4.78, 5) is 72.7. The van der Waals surface area contributed by atoms with Crippen LogP contribution in [0.2, 0.25) is 0 Å². The van der Waals surface area contributed by atoms with E-state index in [-0.39, 0.29) is 24.5 Å². The minimum atomic E-state index is -1.62. The molecular weight excluding hydrogens is 502 g/mol. The molecule has 5 unspecified atom stereocenters. The number of phenols is 1. The molecule has 14 heteroatoms. The molecule has 0 fully saturated rings. The van der Waals surface area contributed by atoms with Crippen molar-refractivity contribution in [1.82, 2.24) is 16.0 Å². The summed E-state index contributed by atoms with van der Waals surface area (Å²) >= 11 is 0. The number of primary amides is 1. The highest BCUT2D eigenvalue weighted by atomic mass is 16.4. The van der Waals surface area contributed by atoms with Gasteiger partial charge < -0.3 is 42.7 Å². The maximum Gasteiger partial charge on any atom is 0.326 e. The first-order valence-electron chi connectivity index (χ1n) is 11.9. The van der Waals surface area contributed by atoms with Crippen molar-refractivity contribution in [2.75, 3.05) is 0 Å². The lowest BCUT2D eigenvalue weighted by atomic mass is 9.98. The summed E-state index contributed by atoms with van der Waals surface area (Å²) < 4.78 is 0. The van der Waals surface area contributed by atoms with Crippen molar-refractivity contribution in [1.29, 1.82) is 0 Å². The summed E-state index contributed by atoms with van der Waals surface area (Å²) in [7, 11) is 0. The minimum Gasteiger partial charge on any atom is -0.508 e. The second-order valence-electron chi connectivity index (χ2n) is 8.91. The Morgan fingerprint density at radius 2 is 1.39 bits per heavy atom. The molecule has 10 N–H and O–H groups in total. The number of phenolic OH excluding ortho intramolecular Hbond substituents is 1. The number of carbonyl (C=O) groups excluding carboxylic acids is 4. The molecule has 0 bridgehead atoms. The number of aliphatic carboxylic acids is 2. The molecule has 210 valence electrons. The molecule has 0 aliphatic heterocycles. The number of hydrogen-bond acceptors (Lipinski definition) is 8. The predicted octanol–water partition coefficient (Wildman–Crippen LogP) is -1.41. The van der Waals surface area contributed by atoms with Crippen molar-refractivity contribution >= 4 is 35.6 Å². The van der Waals surface area contributed by atoms with Crippen LogP contribution >= 0.6 is 0 Å². The highest BCUT2D eigenvalue weighted by Crippen LogP contribution is 2.12. The fourth-order valence-electron chi connectivity index (χ4n) is 3.34. The summed E-state index contributed by atoms with van der Waals surface area (Å²) in [6.07, 6.45) is -1.16. The molecule has 1 aromatic rings. The maximum absolute atomic E-state index is 13.0. The number of carboxylic acid groups (broad SMARTS) is 2. The summed E-state index contributed by atoms with van der Waals surface area (Å²) in [5.41, 5.74) is 11.6. The molecule has 0 saturated carbocycles. The molecule has 0 spiro atoms. The molecule has 1 aromatic carbocycles. The third kappa shape index (κ3) is 10.8. The number of nitrogens with one attached hydrogen (secondary N) is 3. The molecule has 14 nitrogen and oxygen atoms in total. The van der Waals surface area contributed by atoms with E-state index >= 15 is 0 Å². The second-order valence-corrected chi connectivity index (χ2v) is 8.91. The topological polar surface area (TPSA) is 251 Å². The number of aromatic hydroxyl groups is 1. The van der Waals surface area contributed by atoms with E-state index in [1.165, 1.54) is 24.3 Å². The molecule has 4 amide bonds.